The third kappa shape index (κ3) is 5.08. The van der Waals surface area contributed by atoms with E-state index in [1.165, 1.54) is 0 Å². The van der Waals surface area contributed by atoms with Gasteiger partial charge in [-0.25, -0.2) is 13.4 Å². The van der Waals surface area contributed by atoms with E-state index in [2.05, 4.69) is 11.6 Å². The molecule has 0 aliphatic carbocycles. The van der Waals surface area contributed by atoms with Gasteiger partial charge in [0.2, 0.25) is 5.91 Å². The fourth-order valence-corrected chi connectivity index (χ4v) is 5.99. The molecule has 3 rings (SSSR count). The van der Waals surface area contributed by atoms with E-state index in [4.69, 9.17) is 11.6 Å². The van der Waals surface area contributed by atoms with Gasteiger partial charge in [0.25, 0.3) is 0 Å². The number of carbonyl (C=O) groups excluding carboxylic acids is 1. The van der Waals surface area contributed by atoms with Gasteiger partial charge in [-0.1, -0.05) is 17.7 Å². The number of pyridine rings is 1. The topological polar surface area (TPSA) is 70.6 Å². The van der Waals surface area contributed by atoms with Crippen molar-refractivity contribution in [2.45, 2.75) is 31.5 Å². The Kier molecular flexibility index (Phi) is 6.66. The second kappa shape index (κ2) is 8.74. The number of anilines is 1. The number of aromatic nitrogens is 1. The molecular formula is C19H23ClF3N3O3S. The summed E-state index contributed by atoms with van der Waals surface area (Å²) < 4.78 is 62.0. The SMILES string of the molecule is C=CCN(C(=O)C1CCN(c2ncc(C(F)(F)F)cc2Cl)CC1)C1CCS(=O)(=O)C1. The third-order valence-corrected chi connectivity index (χ3v) is 7.58. The number of amides is 1. The van der Waals surface area contributed by atoms with Gasteiger partial charge in [-0.3, -0.25) is 4.79 Å². The van der Waals surface area contributed by atoms with Crippen LogP contribution >= 0.6 is 11.6 Å². The van der Waals surface area contributed by atoms with E-state index in [0.717, 1.165) is 12.3 Å². The summed E-state index contributed by atoms with van der Waals surface area (Å²) in [5, 5.41) is -0.0842. The molecule has 1 aromatic rings. The van der Waals surface area contributed by atoms with Crippen LogP contribution in [-0.2, 0) is 20.8 Å². The van der Waals surface area contributed by atoms with Crippen molar-refractivity contribution in [2.75, 3.05) is 36.0 Å². The number of hydrogen-bond donors (Lipinski definition) is 0. The molecule has 0 saturated carbocycles. The van der Waals surface area contributed by atoms with Crippen LogP contribution in [0.1, 0.15) is 24.8 Å². The number of alkyl halides is 3. The zero-order chi connectivity index (χ0) is 22.1. The van der Waals surface area contributed by atoms with Crippen LogP contribution in [0.3, 0.4) is 0 Å². The first-order valence-electron chi connectivity index (χ1n) is 9.61. The molecule has 2 fully saturated rings. The number of halogens is 4. The Morgan fingerprint density at radius 2 is 2.00 bits per heavy atom. The summed E-state index contributed by atoms with van der Waals surface area (Å²) in [4.78, 5) is 20.3. The predicted molar refractivity (Wildman–Crippen MR) is 108 cm³/mol. The van der Waals surface area contributed by atoms with E-state index in [1.807, 2.05) is 0 Å². The molecule has 1 atom stereocenters. The monoisotopic (exact) mass is 465 g/mol. The van der Waals surface area contributed by atoms with Crippen LogP contribution in [0.2, 0.25) is 5.02 Å². The van der Waals surface area contributed by atoms with Crippen molar-refractivity contribution >= 4 is 33.2 Å². The first-order chi connectivity index (χ1) is 14.0. The van der Waals surface area contributed by atoms with Crippen molar-refractivity contribution < 1.29 is 26.4 Å². The molecule has 0 radical (unpaired) electrons. The molecule has 0 aromatic carbocycles. The predicted octanol–water partition coefficient (Wildman–Crippen LogP) is 3.17. The average Bonchev–Trinajstić information content (AvgIpc) is 3.04. The minimum atomic E-state index is -4.52. The van der Waals surface area contributed by atoms with Crippen LogP contribution in [0.5, 0.6) is 0 Å². The van der Waals surface area contributed by atoms with E-state index in [-0.39, 0.29) is 46.8 Å². The molecule has 11 heteroatoms. The number of carbonyl (C=O) groups is 1. The maximum Gasteiger partial charge on any atom is 0.417 e. The second-order valence-electron chi connectivity index (χ2n) is 7.62. The number of rotatable bonds is 5. The standard InChI is InChI=1S/C19H23ClF3N3O3S/c1-2-6-26(15-5-9-30(28,29)12-15)18(27)13-3-7-25(8-4-13)17-16(20)10-14(11-24-17)19(21,22)23/h2,10-11,13,15H,1,3-9,12H2. The minimum Gasteiger partial charge on any atom is -0.355 e. The molecule has 0 spiro atoms. The largest absolute Gasteiger partial charge is 0.417 e. The normalized spacial score (nSPS) is 22.1. The van der Waals surface area contributed by atoms with E-state index in [0.29, 0.717) is 32.4 Å². The summed E-state index contributed by atoms with van der Waals surface area (Å²) >= 11 is 6.02. The van der Waals surface area contributed by atoms with Gasteiger partial charge in [0.1, 0.15) is 5.82 Å². The second-order valence-corrected chi connectivity index (χ2v) is 10.3. The van der Waals surface area contributed by atoms with Crippen molar-refractivity contribution in [3.63, 3.8) is 0 Å². The zero-order valence-electron chi connectivity index (χ0n) is 16.2. The van der Waals surface area contributed by atoms with Crippen LogP contribution < -0.4 is 4.90 Å². The van der Waals surface area contributed by atoms with Gasteiger partial charge in [-0.2, -0.15) is 13.2 Å². The van der Waals surface area contributed by atoms with Crippen molar-refractivity contribution in [1.82, 2.24) is 9.88 Å². The zero-order valence-corrected chi connectivity index (χ0v) is 17.8. The lowest BCUT2D eigenvalue weighted by Crippen LogP contribution is -2.47. The van der Waals surface area contributed by atoms with Gasteiger partial charge < -0.3 is 9.80 Å². The Bertz CT molecular complexity index is 915. The lowest BCUT2D eigenvalue weighted by atomic mass is 9.94. The Morgan fingerprint density at radius 3 is 2.50 bits per heavy atom. The fourth-order valence-electron chi connectivity index (χ4n) is 3.97. The molecule has 3 heterocycles. The van der Waals surface area contributed by atoms with Crippen LogP contribution in [0.4, 0.5) is 19.0 Å². The van der Waals surface area contributed by atoms with Crippen LogP contribution in [-0.4, -0.2) is 61.4 Å². The van der Waals surface area contributed by atoms with E-state index >= 15 is 0 Å². The van der Waals surface area contributed by atoms with Crippen LogP contribution in [0, 0.1) is 5.92 Å². The summed E-state index contributed by atoms with van der Waals surface area (Å²) in [6, 6.07) is 0.512. The van der Waals surface area contributed by atoms with Crippen molar-refractivity contribution in [2.24, 2.45) is 5.92 Å². The Labute approximate surface area is 178 Å². The first kappa shape index (κ1) is 22.9. The Hall–Kier alpha value is -1.81. The Morgan fingerprint density at radius 1 is 1.33 bits per heavy atom. The van der Waals surface area contributed by atoms with E-state index in [9.17, 15) is 26.4 Å². The lowest BCUT2D eigenvalue weighted by molar-refractivity contribution is -0.138. The van der Waals surface area contributed by atoms with Gasteiger partial charge in [0, 0.05) is 37.8 Å². The maximum absolute atomic E-state index is 13.0. The highest BCUT2D eigenvalue weighted by Gasteiger charge is 2.38. The number of sulfone groups is 1. The van der Waals surface area contributed by atoms with Crippen LogP contribution in [0.15, 0.2) is 24.9 Å². The molecule has 6 nitrogen and oxygen atoms in total. The highest BCUT2D eigenvalue weighted by Crippen LogP contribution is 2.35. The number of nitrogens with zero attached hydrogens (tertiary/aromatic N) is 3. The van der Waals surface area contributed by atoms with Gasteiger partial charge in [0.05, 0.1) is 22.1 Å². The molecule has 30 heavy (non-hydrogen) atoms. The number of hydrogen-bond acceptors (Lipinski definition) is 5. The van der Waals surface area contributed by atoms with Gasteiger partial charge >= 0.3 is 6.18 Å². The summed E-state index contributed by atoms with van der Waals surface area (Å²) in [7, 11) is -3.13. The third-order valence-electron chi connectivity index (χ3n) is 5.55. The minimum absolute atomic E-state index is 0.0312. The van der Waals surface area contributed by atoms with Gasteiger partial charge in [0.15, 0.2) is 9.84 Å². The summed E-state index contributed by atoms with van der Waals surface area (Å²) in [6.07, 6.45) is -0.798. The quantitative estimate of drug-likeness (QED) is 0.625. The molecule has 0 N–H and O–H groups in total. The summed E-state index contributed by atoms with van der Waals surface area (Å²) in [6.45, 7) is 4.78. The summed E-state index contributed by atoms with van der Waals surface area (Å²) in [5.41, 5.74) is -0.909. The van der Waals surface area contributed by atoms with Crippen LogP contribution in [0.25, 0.3) is 0 Å². The molecule has 2 saturated heterocycles. The highest BCUT2D eigenvalue weighted by atomic mass is 35.5. The van der Waals surface area contributed by atoms with Gasteiger partial charge in [-0.05, 0) is 25.3 Å². The first-order valence-corrected chi connectivity index (χ1v) is 11.8. The van der Waals surface area contributed by atoms with Crippen molar-refractivity contribution in [3.8, 4) is 0 Å². The molecular weight excluding hydrogens is 443 g/mol. The van der Waals surface area contributed by atoms with Gasteiger partial charge in [-0.15, -0.1) is 6.58 Å². The molecule has 0 bridgehead atoms. The molecule has 2 aliphatic heterocycles. The van der Waals surface area contributed by atoms with E-state index in [1.54, 1.807) is 15.9 Å². The lowest BCUT2D eigenvalue weighted by Gasteiger charge is -2.36. The average molecular weight is 466 g/mol. The smallest absolute Gasteiger partial charge is 0.355 e. The molecule has 2 aliphatic rings. The van der Waals surface area contributed by atoms with Crippen molar-refractivity contribution in [1.29, 1.82) is 0 Å². The fraction of sp³-hybridized carbons (Fsp3) is 0.579. The van der Waals surface area contributed by atoms with Crippen molar-refractivity contribution in [3.05, 3.63) is 35.5 Å². The summed E-state index contributed by atoms with van der Waals surface area (Å²) in [5.74, 6) is -0.0905. The van der Waals surface area contributed by atoms with E-state index < -0.39 is 21.6 Å². The Balaban J connectivity index is 1.65. The molecule has 1 amide bonds. The highest BCUT2D eigenvalue weighted by molar-refractivity contribution is 7.91. The molecule has 1 aromatic heterocycles. The molecule has 166 valence electrons. The number of piperidine rings is 1. The molecule has 1 unspecified atom stereocenters. The maximum atomic E-state index is 13.0.